The molecule has 0 radical (unpaired) electrons. The molecule has 20 heavy (non-hydrogen) atoms. The van der Waals surface area contributed by atoms with Gasteiger partial charge in [0.05, 0.1) is 6.10 Å². The van der Waals surface area contributed by atoms with Crippen molar-refractivity contribution in [2.45, 2.75) is 50.8 Å². The van der Waals surface area contributed by atoms with Gasteiger partial charge >= 0.3 is 0 Å². The lowest BCUT2D eigenvalue weighted by atomic mass is 10.1. The third-order valence-electron chi connectivity index (χ3n) is 4.15. The molecule has 0 spiro atoms. The van der Waals surface area contributed by atoms with Gasteiger partial charge in [0, 0.05) is 12.6 Å². The standard InChI is InChI=1S/C16H23NO3/c18-14-5-3-1-2-4-13(14)17-11-12-6-7-15-16(10-12)20-9-8-19-15/h6-7,10,13-14,17-18H,1-5,8-9,11H2. The molecular weight excluding hydrogens is 254 g/mol. The Morgan fingerprint density at radius 2 is 1.85 bits per heavy atom. The van der Waals surface area contributed by atoms with Gasteiger partial charge in [-0.15, -0.1) is 0 Å². The highest BCUT2D eigenvalue weighted by molar-refractivity contribution is 5.43. The molecule has 0 amide bonds. The maximum atomic E-state index is 10.1. The molecule has 1 saturated carbocycles. The average molecular weight is 277 g/mol. The van der Waals surface area contributed by atoms with Crippen LogP contribution in [0.25, 0.3) is 0 Å². The van der Waals surface area contributed by atoms with Gasteiger partial charge in [-0.05, 0) is 30.5 Å². The minimum absolute atomic E-state index is 0.213. The summed E-state index contributed by atoms with van der Waals surface area (Å²) in [6.45, 7) is 2.00. The van der Waals surface area contributed by atoms with E-state index in [1.54, 1.807) is 0 Å². The normalized spacial score (nSPS) is 26.1. The number of ether oxygens (including phenoxy) is 2. The average Bonchev–Trinajstić information content (AvgIpc) is 2.69. The Morgan fingerprint density at radius 1 is 1.05 bits per heavy atom. The second-order valence-electron chi connectivity index (χ2n) is 5.67. The monoisotopic (exact) mass is 277 g/mol. The van der Waals surface area contributed by atoms with Crippen LogP contribution in [0, 0.1) is 0 Å². The number of aliphatic hydroxyl groups is 1. The number of nitrogens with one attached hydrogen (secondary N) is 1. The van der Waals surface area contributed by atoms with E-state index in [9.17, 15) is 5.11 Å². The number of rotatable bonds is 3. The highest BCUT2D eigenvalue weighted by atomic mass is 16.6. The summed E-state index contributed by atoms with van der Waals surface area (Å²) >= 11 is 0. The molecule has 1 aromatic carbocycles. The van der Waals surface area contributed by atoms with E-state index in [0.29, 0.717) is 13.2 Å². The summed E-state index contributed by atoms with van der Waals surface area (Å²) < 4.78 is 11.1. The molecule has 1 fully saturated rings. The smallest absolute Gasteiger partial charge is 0.161 e. The fourth-order valence-corrected chi connectivity index (χ4v) is 2.97. The van der Waals surface area contributed by atoms with Crippen LogP contribution in [0.2, 0.25) is 0 Å². The van der Waals surface area contributed by atoms with Crippen molar-refractivity contribution < 1.29 is 14.6 Å². The van der Waals surface area contributed by atoms with Crippen molar-refractivity contribution in [1.82, 2.24) is 5.32 Å². The molecular formula is C16H23NO3. The van der Waals surface area contributed by atoms with Crippen LogP contribution in [-0.2, 0) is 6.54 Å². The number of aliphatic hydroxyl groups excluding tert-OH is 1. The van der Waals surface area contributed by atoms with Gasteiger partial charge in [0.2, 0.25) is 0 Å². The lowest BCUT2D eigenvalue weighted by Gasteiger charge is -2.23. The van der Waals surface area contributed by atoms with Gasteiger partial charge in [-0.25, -0.2) is 0 Å². The van der Waals surface area contributed by atoms with Crippen molar-refractivity contribution in [2.24, 2.45) is 0 Å². The second kappa shape index (κ2) is 6.46. The fourth-order valence-electron chi connectivity index (χ4n) is 2.97. The number of fused-ring (bicyclic) bond motifs is 1. The van der Waals surface area contributed by atoms with E-state index >= 15 is 0 Å². The zero-order valence-electron chi connectivity index (χ0n) is 11.8. The first-order valence-corrected chi connectivity index (χ1v) is 7.63. The summed E-state index contributed by atoms with van der Waals surface area (Å²) in [5.74, 6) is 1.66. The molecule has 0 saturated heterocycles. The van der Waals surface area contributed by atoms with Crippen molar-refractivity contribution in [3.05, 3.63) is 23.8 Å². The molecule has 3 rings (SSSR count). The van der Waals surface area contributed by atoms with E-state index in [1.807, 2.05) is 12.1 Å². The van der Waals surface area contributed by atoms with Crippen LogP contribution in [0.15, 0.2) is 18.2 Å². The quantitative estimate of drug-likeness (QED) is 0.832. The Balaban J connectivity index is 1.60. The summed E-state index contributed by atoms with van der Waals surface area (Å²) in [5.41, 5.74) is 1.17. The zero-order valence-corrected chi connectivity index (χ0v) is 11.8. The van der Waals surface area contributed by atoms with Gasteiger partial charge in [0.15, 0.2) is 11.5 Å². The van der Waals surface area contributed by atoms with Gasteiger partial charge in [-0.3, -0.25) is 0 Å². The molecule has 2 N–H and O–H groups in total. The molecule has 110 valence electrons. The molecule has 0 bridgehead atoms. The van der Waals surface area contributed by atoms with Gasteiger partial charge in [-0.2, -0.15) is 0 Å². The van der Waals surface area contributed by atoms with E-state index in [2.05, 4.69) is 11.4 Å². The van der Waals surface area contributed by atoms with Crippen LogP contribution < -0.4 is 14.8 Å². The van der Waals surface area contributed by atoms with Crippen molar-refractivity contribution in [3.8, 4) is 11.5 Å². The Morgan fingerprint density at radius 3 is 2.75 bits per heavy atom. The predicted octanol–water partition coefficient (Wildman–Crippen LogP) is 2.24. The van der Waals surface area contributed by atoms with E-state index < -0.39 is 0 Å². The van der Waals surface area contributed by atoms with Gasteiger partial charge < -0.3 is 19.9 Å². The largest absolute Gasteiger partial charge is 0.486 e. The Bertz CT molecular complexity index is 449. The first-order chi connectivity index (χ1) is 9.83. The fraction of sp³-hybridized carbons (Fsp3) is 0.625. The van der Waals surface area contributed by atoms with Crippen LogP contribution in [0.3, 0.4) is 0 Å². The number of hydrogen-bond acceptors (Lipinski definition) is 4. The van der Waals surface area contributed by atoms with Crippen LogP contribution in [0.5, 0.6) is 11.5 Å². The predicted molar refractivity (Wildman–Crippen MR) is 77.2 cm³/mol. The zero-order chi connectivity index (χ0) is 13.8. The lowest BCUT2D eigenvalue weighted by Crippen LogP contribution is -2.38. The van der Waals surface area contributed by atoms with Gasteiger partial charge in [0.25, 0.3) is 0 Å². The molecule has 4 nitrogen and oxygen atoms in total. The van der Waals surface area contributed by atoms with Gasteiger partial charge in [-0.1, -0.05) is 25.3 Å². The summed E-state index contributed by atoms with van der Waals surface area (Å²) in [5, 5.41) is 13.6. The molecule has 1 heterocycles. The first kappa shape index (κ1) is 13.7. The van der Waals surface area contributed by atoms with Crippen molar-refractivity contribution in [2.75, 3.05) is 13.2 Å². The summed E-state index contributed by atoms with van der Waals surface area (Å²) in [6, 6.07) is 6.27. The Hall–Kier alpha value is -1.26. The third-order valence-corrected chi connectivity index (χ3v) is 4.15. The van der Waals surface area contributed by atoms with Crippen LogP contribution >= 0.6 is 0 Å². The Labute approximate surface area is 120 Å². The molecule has 2 unspecified atom stereocenters. The van der Waals surface area contributed by atoms with Crippen LogP contribution in [0.4, 0.5) is 0 Å². The maximum Gasteiger partial charge on any atom is 0.161 e. The minimum Gasteiger partial charge on any atom is -0.486 e. The third kappa shape index (κ3) is 3.25. The molecule has 1 aliphatic carbocycles. The van der Waals surface area contributed by atoms with E-state index in [4.69, 9.17) is 9.47 Å². The summed E-state index contributed by atoms with van der Waals surface area (Å²) in [7, 11) is 0. The highest BCUT2D eigenvalue weighted by Gasteiger charge is 2.21. The van der Waals surface area contributed by atoms with Gasteiger partial charge in [0.1, 0.15) is 13.2 Å². The minimum atomic E-state index is -0.213. The Kier molecular flexibility index (Phi) is 4.43. The van der Waals surface area contributed by atoms with Crippen molar-refractivity contribution in [3.63, 3.8) is 0 Å². The van der Waals surface area contributed by atoms with Crippen molar-refractivity contribution >= 4 is 0 Å². The van der Waals surface area contributed by atoms with Crippen LogP contribution in [0.1, 0.15) is 37.7 Å². The first-order valence-electron chi connectivity index (χ1n) is 7.63. The molecule has 4 heteroatoms. The molecule has 2 aliphatic rings. The lowest BCUT2D eigenvalue weighted by molar-refractivity contribution is 0.119. The topological polar surface area (TPSA) is 50.7 Å². The molecule has 1 aromatic rings. The van der Waals surface area contributed by atoms with Crippen LogP contribution in [-0.4, -0.2) is 30.5 Å². The number of hydrogen-bond donors (Lipinski definition) is 2. The van der Waals surface area contributed by atoms with Crippen molar-refractivity contribution in [1.29, 1.82) is 0 Å². The molecule has 2 atom stereocenters. The van der Waals surface area contributed by atoms with E-state index in [0.717, 1.165) is 37.3 Å². The molecule has 1 aliphatic heterocycles. The SMILES string of the molecule is OC1CCCCCC1NCc1ccc2c(c1)OCCO2. The summed E-state index contributed by atoms with van der Waals surface area (Å²) in [4.78, 5) is 0. The number of benzene rings is 1. The van der Waals surface area contributed by atoms with E-state index in [-0.39, 0.29) is 12.1 Å². The van der Waals surface area contributed by atoms with E-state index in [1.165, 1.54) is 18.4 Å². The molecule has 0 aromatic heterocycles. The highest BCUT2D eigenvalue weighted by Crippen LogP contribution is 2.30. The second-order valence-corrected chi connectivity index (χ2v) is 5.67. The summed E-state index contributed by atoms with van der Waals surface area (Å²) in [6.07, 6.45) is 5.35. The maximum absolute atomic E-state index is 10.1.